The summed E-state index contributed by atoms with van der Waals surface area (Å²) in [6, 6.07) is 0. The van der Waals surface area contributed by atoms with Gasteiger partial charge < -0.3 is 3.83 Å². The van der Waals surface area contributed by atoms with E-state index in [2.05, 4.69) is 36.0 Å². The molecule has 0 amide bonds. The van der Waals surface area contributed by atoms with Gasteiger partial charge in [-0.3, -0.25) is 0 Å². The lowest BCUT2D eigenvalue weighted by molar-refractivity contribution is -0.128. The smallest absolute Gasteiger partial charge is 0.346 e. The third-order valence-electron chi connectivity index (χ3n) is 1.25. The zero-order chi connectivity index (χ0) is 8.85. The molecule has 11 heavy (non-hydrogen) atoms. The van der Waals surface area contributed by atoms with E-state index in [1.807, 2.05) is 6.92 Å². The van der Waals surface area contributed by atoms with E-state index in [9.17, 15) is 4.79 Å². The van der Waals surface area contributed by atoms with Crippen molar-refractivity contribution in [3.05, 3.63) is 10.1 Å². The van der Waals surface area contributed by atoms with Crippen LogP contribution in [0.2, 0.25) is 0 Å². The molecule has 4 heteroatoms. The van der Waals surface area contributed by atoms with Gasteiger partial charge in [-0.05, 0) is 13.3 Å². The van der Waals surface area contributed by atoms with Crippen LogP contribution >= 0.6 is 32.2 Å². The fourth-order valence-electron chi connectivity index (χ4n) is 0.576. The molecule has 0 bridgehead atoms. The molecule has 0 spiro atoms. The third kappa shape index (κ3) is 3.91. The molecule has 0 saturated heterocycles. The summed E-state index contributed by atoms with van der Waals surface area (Å²) in [5.74, 6) is -0.342. The zero-order valence-corrected chi connectivity index (χ0v) is 9.66. The van der Waals surface area contributed by atoms with E-state index >= 15 is 0 Å². The molecule has 64 valence electrons. The lowest BCUT2D eigenvalue weighted by atomic mass is 10.2. The molecule has 0 aliphatic rings. The Balaban J connectivity index is 4.26. The Morgan fingerprint density at radius 3 is 2.45 bits per heavy atom. The van der Waals surface area contributed by atoms with Gasteiger partial charge in [0.2, 0.25) is 0 Å². The highest BCUT2D eigenvalue weighted by Gasteiger charge is 2.08. The van der Waals surface area contributed by atoms with Gasteiger partial charge >= 0.3 is 5.97 Å². The molecule has 0 saturated carbocycles. The average molecular weight is 286 g/mol. The molecule has 0 aromatic rings. The molecule has 0 unspecified atom stereocenters. The maximum atomic E-state index is 10.9. The number of halogens is 2. The van der Waals surface area contributed by atoms with Gasteiger partial charge in [-0.1, -0.05) is 29.3 Å². The number of rotatable bonds is 3. The second-order valence-electron chi connectivity index (χ2n) is 2.14. The summed E-state index contributed by atoms with van der Waals surface area (Å²) in [5, 5.41) is 0. The van der Waals surface area contributed by atoms with Crippen LogP contribution in [0.5, 0.6) is 0 Å². The molecule has 0 aliphatic carbocycles. The molecule has 2 nitrogen and oxygen atoms in total. The minimum atomic E-state index is -0.342. The largest absolute Gasteiger partial charge is 0.380 e. The van der Waals surface area contributed by atoms with Crippen LogP contribution in [-0.4, -0.2) is 5.97 Å². The standard InChI is InChI=1S/C7H10Br2O2/c1-3-4-6(8)5(2)7(10)11-9/h3-4H2,1-2H3. The van der Waals surface area contributed by atoms with Gasteiger partial charge in [0, 0.05) is 10.1 Å². The number of hydrogen-bond acceptors (Lipinski definition) is 2. The van der Waals surface area contributed by atoms with Crippen molar-refractivity contribution in [1.82, 2.24) is 0 Å². The van der Waals surface area contributed by atoms with Crippen LogP contribution in [0.15, 0.2) is 10.1 Å². The first kappa shape index (κ1) is 11.2. The Morgan fingerprint density at radius 1 is 1.55 bits per heavy atom. The van der Waals surface area contributed by atoms with E-state index in [1.54, 1.807) is 6.92 Å². The Hall–Kier alpha value is 0.170. The van der Waals surface area contributed by atoms with Crippen molar-refractivity contribution >= 4 is 38.2 Å². The normalized spacial score (nSPS) is 12.4. The lowest BCUT2D eigenvalue weighted by Gasteiger charge is -2.00. The first-order valence-electron chi connectivity index (χ1n) is 3.31. The molecule has 0 aromatic carbocycles. The molecule has 0 fully saturated rings. The number of hydrogen-bond donors (Lipinski definition) is 0. The molecular weight excluding hydrogens is 276 g/mol. The summed E-state index contributed by atoms with van der Waals surface area (Å²) in [6.45, 7) is 3.78. The Bertz CT molecular complexity index is 175. The number of allylic oxidation sites excluding steroid dienone is 1. The Labute approximate surface area is 83.6 Å². The van der Waals surface area contributed by atoms with E-state index in [4.69, 9.17) is 0 Å². The van der Waals surface area contributed by atoms with Crippen LogP contribution < -0.4 is 0 Å². The predicted molar refractivity (Wildman–Crippen MR) is 51.6 cm³/mol. The SMILES string of the molecule is CCCC(Br)=C(C)C(=O)OBr. The van der Waals surface area contributed by atoms with Gasteiger partial charge in [0.15, 0.2) is 16.3 Å². The van der Waals surface area contributed by atoms with E-state index in [-0.39, 0.29) is 5.97 Å². The summed E-state index contributed by atoms with van der Waals surface area (Å²) < 4.78 is 5.27. The topological polar surface area (TPSA) is 26.3 Å². The van der Waals surface area contributed by atoms with Crippen molar-refractivity contribution in [1.29, 1.82) is 0 Å². The summed E-state index contributed by atoms with van der Waals surface area (Å²) in [5.41, 5.74) is 0.615. The van der Waals surface area contributed by atoms with E-state index in [0.717, 1.165) is 17.3 Å². The minimum Gasteiger partial charge on any atom is -0.380 e. The number of carbonyl (C=O) groups excluding carboxylic acids is 1. The fraction of sp³-hybridized carbons (Fsp3) is 0.571. The first-order valence-corrected chi connectivity index (χ1v) is 4.75. The molecule has 0 aliphatic heterocycles. The van der Waals surface area contributed by atoms with E-state index < -0.39 is 0 Å². The van der Waals surface area contributed by atoms with Gasteiger partial charge in [0.25, 0.3) is 0 Å². The van der Waals surface area contributed by atoms with Gasteiger partial charge in [-0.2, -0.15) is 0 Å². The van der Waals surface area contributed by atoms with Gasteiger partial charge in [-0.25, -0.2) is 4.79 Å². The van der Waals surface area contributed by atoms with Gasteiger partial charge in [0.05, 0.1) is 0 Å². The highest BCUT2D eigenvalue weighted by atomic mass is 79.9. The zero-order valence-electron chi connectivity index (χ0n) is 6.49. The van der Waals surface area contributed by atoms with Crippen LogP contribution in [0.1, 0.15) is 26.7 Å². The summed E-state index contributed by atoms with van der Waals surface area (Å²) in [6.07, 6.45) is 1.88. The van der Waals surface area contributed by atoms with Gasteiger partial charge in [-0.15, -0.1) is 0 Å². The highest BCUT2D eigenvalue weighted by molar-refractivity contribution is 9.11. The van der Waals surface area contributed by atoms with Crippen molar-refractivity contribution in [3.63, 3.8) is 0 Å². The van der Waals surface area contributed by atoms with Crippen molar-refractivity contribution in [2.75, 3.05) is 0 Å². The maximum Gasteiger partial charge on any atom is 0.346 e. The van der Waals surface area contributed by atoms with Crippen LogP contribution in [-0.2, 0) is 8.62 Å². The van der Waals surface area contributed by atoms with Crippen molar-refractivity contribution < 1.29 is 8.62 Å². The summed E-state index contributed by atoms with van der Waals surface area (Å²) >= 11 is 5.93. The summed E-state index contributed by atoms with van der Waals surface area (Å²) in [7, 11) is 0. The molecule has 0 rings (SSSR count). The minimum absolute atomic E-state index is 0.342. The van der Waals surface area contributed by atoms with Crippen molar-refractivity contribution in [2.24, 2.45) is 0 Å². The summed E-state index contributed by atoms with van der Waals surface area (Å²) in [4.78, 5) is 10.9. The number of carbonyl (C=O) groups is 1. The fourth-order valence-corrected chi connectivity index (χ4v) is 1.38. The molecule has 0 N–H and O–H groups in total. The van der Waals surface area contributed by atoms with Crippen LogP contribution in [0.3, 0.4) is 0 Å². The Kier molecular flexibility index (Phi) is 5.86. The highest BCUT2D eigenvalue weighted by Crippen LogP contribution is 2.19. The molecule has 0 atom stereocenters. The van der Waals surface area contributed by atoms with Crippen molar-refractivity contribution in [2.45, 2.75) is 26.7 Å². The van der Waals surface area contributed by atoms with Crippen LogP contribution in [0.4, 0.5) is 0 Å². The monoisotopic (exact) mass is 284 g/mol. The predicted octanol–water partition coefficient (Wildman–Crippen LogP) is 3.31. The van der Waals surface area contributed by atoms with Crippen LogP contribution in [0.25, 0.3) is 0 Å². The first-order chi connectivity index (χ1) is 5.13. The lowest BCUT2D eigenvalue weighted by Crippen LogP contribution is -1.99. The second kappa shape index (κ2) is 5.77. The quantitative estimate of drug-likeness (QED) is 0.744. The average Bonchev–Trinajstić information content (AvgIpc) is 2.02. The third-order valence-corrected chi connectivity index (χ3v) is 2.54. The van der Waals surface area contributed by atoms with Crippen LogP contribution in [0, 0.1) is 0 Å². The van der Waals surface area contributed by atoms with E-state index in [0.29, 0.717) is 5.57 Å². The van der Waals surface area contributed by atoms with Crippen molar-refractivity contribution in [3.8, 4) is 0 Å². The second-order valence-corrected chi connectivity index (χ2v) is 3.43. The van der Waals surface area contributed by atoms with Gasteiger partial charge in [0.1, 0.15) is 0 Å². The van der Waals surface area contributed by atoms with E-state index in [1.165, 1.54) is 0 Å². The molecule has 0 aromatic heterocycles. The Morgan fingerprint density at radius 2 is 2.09 bits per heavy atom. The molecule has 0 heterocycles. The maximum absolute atomic E-state index is 10.9. The molecule has 0 radical (unpaired) electrons. The molecular formula is C7H10Br2O2.